The number of hydrogen-bond donors (Lipinski definition) is 0. The number of hydrogen-bond acceptors (Lipinski definition) is 5. The van der Waals surface area contributed by atoms with Gasteiger partial charge in [-0.25, -0.2) is 8.42 Å². The van der Waals surface area contributed by atoms with Crippen molar-refractivity contribution in [1.82, 2.24) is 9.21 Å². The molecule has 0 aliphatic carbocycles. The fourth-order valence-corrected chi connectivity index (χ4v) is 5.11. The van der Waals surface area contributed by atoms with Crippen LogP contribution in [0.3, 0.4) is 0 Å². The van der Waals surface area contributed by atoms with Crippen LogP contribution >= 0.6 is 15.9 Å². The fraction of sp³-hybridized carbons (Fsp3) is 0.381. The predicted octanol–water partition coefficient (Wildman–Crippen LogP) is 3.15. The van der Waals surface area contributed by atoms with E-state index in [0.717, 1.165) is 6.42 Å². The molecule has 162 valence electrons. The highest BCUT2D eigenvalue weighted by molar-refractivity contribution is 9.10. The Kier molecular flexibility index (Phi) is 7.74. The van der Waals surface area contributed by atoms with E-state index in [1.165, 1.54) is 4.31 Å². The molecule has 0 unspecified atom stereocenters. The van der Waals surface area contributed by atoms with E-state index >= 15 is 0 Å². The lowest BCUT2D eigenvalue weighted by Crippen LogP contribution is -2.51. The summed E-state index contributed by atoms with van der Waals surface area (Å²) in [6.07, 6.45) is 0.875. The fourth-order valence-electron chi connectivity index (χ4n) is 3.09. The second-order valence-electron chi connectivity index (χ2n) is 6.83. The average molecular weight is 497 g/mol. The smallest absolute Gasteiger partial charge is 0.260 e. The highest BCUT2D eigenvalue weighted by Crippen LogP contribution is 2.27. The van der Waals surface area contributed by atoms with Crippen LogP contribution in [0.2, 0.25) is 0 Å². The van der Waals surface area contributed by atoms with Crippen LogP contribution in [0.5, 0.6) is 11.5 Å². The summed E-state index contributed by atoms with van der Waals surface area (Å²) in [4.78, 5) is 14.4. The van der Waals surface area contributed by atoms with Crippen LogP contribution in [0.25, 0.3) is 0 Å². The Bertz CT molecular complexity index is 975. The van der Waals surface area contributed by atoms with Gasteiger partial charge in [0.25, 0.3) is 5.91 Å². The summed E-state index contributed by atoms with van der Waals surface area (Å²) in [5.74, 6) is 0.951. The summed E-state index contributed by atoms with van der Waals surface area (Å²) in [5.41, 5.74) is 0. The Morgan fingerprint density at radius 2 is 1.67 bits per heavy atom. The van der Waals surface area contributed by atoms with Crippen LogP contribution in [0, 0.1) is 0 Å². The zero-order valence-corrected chi connectivity index (χ0v) is 19.2. The molecule has 0 bridgehead atoms. The molecule has 2 aromatic rings. The first-order valence-corrected chi connectivity index (χ1v) is 12.0. The van der Waals surface area contributed by atoms with E-state index < -0.39 is 10.0 Å². The molecule has 30 heavy (non-hydrogen) atoms. The molecule has 1 fully saturated rings. The number of benzene rings is 2. The number of para-hydroxylation sites is 2. The molecule has 1 aliphatic heterocycles. The lowest BCUT2D eigenvalue weighted by molar-refractivity contribution is -0.134. The van der Waals surface area contributed by atoms with E-state index in [1.54, 1.807) is 41.3 Å². The van der Waals surface area contributed by atoms with Crippen LogP contribution in [0.15, 0.2) is 57.9 Å². The van der Waals surface area contributed by atoms with E-state index in [2.05, 4.69) is 15.9 Å². The van der Waals surface area contributed by atoms with Gasteiger partial charge in [0, 0.05) is 30.7 Å². The van der Waals surface area contributed by atoms with Gasteiger partial charge in [-0.1, -0.05) is 41.1 Å². The molecule has 7 nitrogen and oxygen atoms in total. The van der Waals surface area contributed by atoms with Crippen LogP contribution in [0.4, 0.5) is 0 Å². The van der Waals surface area contributed by atoms with Gasteiger partial charge in [0.1, 0.15) is 0 Å². The summed E-state index contributed by atoms with van der Waals surface area (Å²) in [7, 11) is -3.59. The van der Waals surface area contributed by atoms with E-state index in [0.29, 0.717) is 35.7 Å². The Balaban J connectivity index is 1.55. The third-order valence-corrected chi connectivity index (χ3v) is 7.08. The maximum atomic E-state index is 12.8. The molecule has 1 saturated heterocycles. The lowest BCUT2D eigenvalue weighted by Gasteiger charge is -2.34. The number of sulfonamides is 1. The van der Waals surface area contributed by atoms with Crippen LogP contribution in [-0.2, 0) is 14.8 Å². The molecule has 0 atom stereocenters. The minimum absolute atomic E-state index is 0.120. The zero-order valence-electron chi connectivity index (χ0n) is 16.8. The van der Waals surface area contributed by atoms with Crippen LogP contribution in [0.1, 0.15) is 13.3 Å². The number of piperazine rings is 1. The number of carbonyl (C=O) groups excluding carboxylic acids is 1. The number of nitrogens with zero attached hydrogens (tertiary/aromatic N) is 2. The van der Waals surface area contributed by atoms with Crippen molar-refractivity contribution in [1.29, 1.82) is 0 Å². The van der Waals surface area contributed by atoms with Crippen molar-refractivity contribution in [3.8, 4) is 11.5 Å². The minimum Gasteiger partial charge on any atom is -0.490 e. The number of rotatable bonds is 8. The van der Waals surface area contributed by atoms with Crippen molar-refractivity contribution in [3.05, 3.63) is 53.0 Å². The van der Waals surface area contributed by atoms with Gasteiger partial charge in [0.15, 0.2) is 18.1 Å². The predicted molar refractivity (Wildman–Crippen MR) is 117 cm³/mol. The van der Waals surface area contributed by atoms with Crippen LogP contribution in [-0.4, -0.2) is 62.9 Å². The van der Waals surface area contributed by atoms with Gasteiger partial charge in [-0.15, -0.1) is 0 Å². The van der Waals surface area contributed by atoms with E-state index in [4.69, 9.17) is 9.47 Å². The van der Waals surface area contributed by atoms with E-state index in [-0.39, 0.29) is 30.5 Å². The van der Waals surface area contributed by atoms with Gasteiger partial charge in [-0.2, -0.15) is 4.31 Å². The molecule has 1 amide bonds. The molecule has 0 radical (unpaired) electrons. The topological polar surface area (TPSA) is 76.2 Å². The van der Waals surface area contributed by atoms with E-state index in [1.807, 2.05) is 19.1 Å². The minimum atomic E-state index is -3.59. The number of carbonyl (C=O) groups is 1. The normalized spacial score (nSPS) is 15.1. The summed E-state index contributed by atoms with van der Waals surface area (Å²) in [6, 6.07) is 13.9. The van der Waals surface area contributed by atoms with Crippen molar-refractivity contribution in [2.75, 3.05) is 39.4 Å². The molecular weight excluding hydrogens is 472 g/mol. The molecule has 1 heterocycles. The summed E-state index contributed by atoms with van der Waals surface area (Å²) in [6.45, 7) is 3.61. The maximum Gasteiger partial charge on any atom is 0.260 e. The van der Waals surface area contributed by atoms with Gasteiger partial charge in [0.05, 0.1) is 11.5 Å². The second-order valence-corrected chi connectivity index (χ2v) is 9.68. The molecule has 3 rings (SSSR count). The molecule has 0 spiro atoms. The summed E-state index contributed by atoms with van der Waals surface area (Å²) in [5, 5.41) is 0. The second kappa shape index (κ2) is 10.3. The summed E-state index contributed by atoms with van der Waals surface area (Å²) >= 11 is 3.30. The largest absolute Gasteiger partial charge is 0.490 e. The SMILES string of the molecule is CCCOc1ccccc1OCC(=O)N1CCN(S(=O)(=O)c2cccc(Br)c2)CC1. The highest BCUT2D eigenvalue weighted by atomic mass is 79.9. The Hall–Kier alpha value is -2.10. The molecular formula is C21H25BrN2O5S. The van der Waals surface area contributed by atoms with Gasteiger partial charge in [0.2, 0.25) is 10.0 Å². The Labute approximate surface area is 185 Å². The molecule has 0 saturated carbocycles. The third kappa shape index (κ3) is 5.53. The van der Waals surface area contributed by atoms with Gasteiger partial charge in [-0.05, 0) is 36.8 Å². The molecule has 9 heteroatoms. The Morgan fingerprint density at radius 3 is 2.30 bits per heavy atom. The first-order valence-electron chi connectivity index (χ1n) is 9.80. The van der Waals surface area contributed by atoms with Crippen molar-refractivity contribution >= 4 is 31.9 Å². The van der Waals surface area contributed by atoms with E-state index in [9.17, 15) is 13.2 Å². The van der Waals surface area contributed by atoms with Crippen molar-refractivity contribution < 1.29 is 22.7 Å². The number of amides is 1. The molecule has 1 aliphatic rings. The maximum absolute atomic E-state index is 12.8. The van der Waals surface area contributed by atoms with Crippen molar-refractivity contribution in [2.45, 2.75) is 18.2 Å². The Morgan fingerprint density at radius 1 is 1.00 bits per heavy atom. The van der Waals surface area contributed by atoms with Crippen molar-refractivity contribution in [2.24, 2.45) is 0 Å². The standard InChI is InChI=1S/C21H25BrN2O5S/c1-2-14-28-19-8-3-4-9-20(19)29-16-21(25)23-10-12-24(13-11-23)30(26,27)18-7-5-6-17(22)15-18/h3-9,15H,2,10-14,16H2,1H3. The zero-order chi connectivity index (χ0) is 21.6. The number of ether oxygens (including phenoxy) is 2. The average Bonchev–Trinajstić information content (AvgIpc) is 2.76. The first kappa shape index (κ1) is 22.6. The van der Waals surface area contributed by atoms with Crippen molar-refractivity contribution in [3.63, 3.8) is 0 Å². The highest BCUT2D eigenvalue weighted by Gasteiger charge is 2.30. The summed E-state index contributed by atoms with van der Waals surface area (Å²) < 4.78 is 39.1. The lowest BCUT2D eigenvalue weighted by atomic mass is 10.3. The molecule has 2 aromatic carbocycles. The van der Waals surface area contributed by atoms with Gasteiger partial charge >= 0.3 is 0 Å². The quantitative estimate of drug-likeness (QED) is 0.560. The van der Waals surface area contributed by atoms with Crippen LogP contribution < -0.4 is 9.47 Å². The third-order valence-electron chi connectivity index (χ3n) is 4.69. The van der Waals surface area contributed by atoms with Gasteiger partial charge in [-0.3, -0.25) is 4.79 Å². The van der Waals surface area contributed by atoms with Gasteiger partial charge < -0.3 is 14.4 Å². The number of halogens is 1. The first-order chi connectivity index (χ1) is 14.4. The monoisotopic (exact) mass is 496 g/mol. The molecule has 0 N–H and O–H groups in total. The molecule has 0 aromatic heterocycles.